The second kappa shape index (κ2) is 6.54. The van der Waals surface area contributed by atoms with Crippen molar-refractivity contribution in [2.75, 3.05) is 31.1 Å². The smallest absolute Gasteiger partial charge is 0.218 e. The Labute approximate surface area is 109 Å². The summed E-state index contributed by atoms with van der Waals surface area (Å²) >= 11 is 0. The summed E-state index contributed by atoms with van der Waals surface area (Å²) in [6, 6.07) is 2.48. The summed E-state index contributed by atoms with van der Waals surface area (Å²) in [7, 11) is 0. The van der Waals surface area contributed by atoms with E-state index in [2.05, 4.69) is 27.1 Å². The molecule has 1 fully saturated rings. The summed E-state index contributed by atoms with van der Waals surface area (Å²) < 4.78 is 5.44. The molecule has 1 saturated heterocycles. The van der Waals surface area contributed by atoms with E-state index in [1.807, 2.05) is 13.0 Å². The van der Waals surface area contributed by atoms with Crippen LogP contribution in [-0.4, -0.2) is 42.3 Å². The molecule has 0 bridgehead atoms. The highest BCUT2D eigenvalue weighted by Crippen LogP contribution is 2.21. The molecule has 1 aliphatic rings. The Morgan fingerprint density at radius 1 is 1.44 bits per heavy atom. The fourth-order valence-corrected chi connectivity index (χ4v) is 2.34. The van der Waals surface area contributed by atoms with Gasteiger partial charge in [0.25, 0.3) is 0 Å². The molecule has 1 aromatic rings. The average Bonchev–Trinajstić information content (AvgIpc) is 2.90. The zero-order chi connectivity index (χ0) is 12.8. The van der Waals surface area contributed by atoms with Gasteiger partial charge in [0.05, 0.1) is 6.61 Å². The van der Waals surface area contributed by atoms with Crippen LogP contribution in [0.4, 0.5) is 5.82 Å². The van der Waals surface area contributed by atoms with Crippen LogP contribution >= 0.6 is 0 Å². The lowest BCUT2D eigenvalue weighted by atomic mass is 10.2. The molecule has 0 radical (unpaired) electrons. The molecule has 0 aliphatic carbocycles. The highest BCUT2D eigenvalue weighted by Gasteiger charge is 2.23. The molecule has 1 unspecified atom stereocenters. The molecule has 2 rings (SSSR count). The molecular formula is C13H22N4O. The first-order chi connectivity index (χ1) is 8.85. The molecule has 0 spiro atoms. The number of hydrogen-bond donors (Lipinski definition) is 1. The maximum Gasteiger partial charge on any atom is 0.218 e. The van der Waals surface area contributed by atoms with Crippen LogP contribution in [0.15, 0.2) is 12.4 Å². The van der Waals surface area contributed by atoms with Gasteiger partial charge in [0.2, 0.25) is 5.88 Å². The first-order valence-corrected chi connectivity index (χ1v) is 6.77. The number of nitrogens with zero attached hydrogens (tertiary/aromatic N) is 3. The van der Waals surface area contributed by atoms with Crippen molar-refractivity contribution in [1.82, 2.24) is 15.3 Å². The first-order valence-electron chi connectivity index (χ1n) is 6.77. The normalized spacial score (nSPS) is 18.9. The predicted molar refractivity (Wildman–Crippen MR) is 72.1 cm³/mol. The minimum atomic E-state index is 0.536. The summed E-state index contributed by atoms with van der Waals surface area (Å²) in [5, 5.41) is 3.40. The van der Waals surface area contributed by atoms with E-state index in [-0.39, 0.29) is 0 Å². The predicted octanol–water partition coefficient (Wildman–Crippen LogP) is 1.45. The number of anilines is 1. The van der Waals surface area contributed by atoms with Gasteiger partial charge in [0.15, 0.2) is 0 Å². The highest BCUT2D eigenvalue weighted by atomic mass is 16.5. The number of aromatic nitrogens is 2. The van der Waals surface area contributed by atoms with Gasteiger partial charge in [-0.1, -0.05) is 6.92 Å². The second-order valence-corrected chi connectivity index (χ2v) is 4.49. The summed E-state index contributed by atoms with van der Waals surface area (Å²) in [4.78, 5) is 10.9. The highest BCUT2D eigenvalue weighted by molar-refractivity contribution is 5.42. The number of rotatable bonds is 6. The lowest BCUT2D eigenvalue weighted by molar-refractivity contribution is 0.326. The molecule has 1 aromatic heterocycles. The molecule has 2 heterocycles. The van der Waals surface area contributed by atoms with E-state index in [0.717, 1.165) is 31.9 Å². The van der Waals surface area contributed by atoms with Crippen LogP contribution in [0.5, 0.6) is 5.88 Å². The van der Waals surface area contributed by atoms with Crippen molar-refractivity contribution in [2.45, 2.75) is 32.7 Å². The molecule has 0 saturated carbocycles. The largest absolute Gasteiger partial charge is 0.478 e. The molecule has 5 nitrogen and oxygen atoms in total. The second-order valence-electron chi connectivity index (χ2n) is 4.49. The zero-order valence-electron chi connectivity index (χ0n) is 11.2. The Morgan fingerprint density at radius 2 is 2.33 bits per heavy atom. The maximum absolute atomic E-state index is 5.44. The van der Waals surface area contributed by atoms with Crippen molar-refractivity contribution in [1.29, 1.82) is 0 Å². The van der Waals surface area contributed by atoms with E-state index in [4.69, 9.17) is 4.74 Å². The third-order valence-corrected chi connectivity index (χ3v) is 3.15. The van der Waals surface area contributed by atoms with Gasteiger partial charge >= 0.3 is 0 Å². The molecule has 18 heavy (non-hydrogen) atoms. The lowest BCUT2D eigenvalue weighted by Crippen LogP contribution is -2.38. The minimum absolute atomic E-state index is 0.536. The van der Waals surface area contributed by atoms with Crippen LogP contribution in [0.3, 0.4) is 0 Å². The van der Waals surface area contributed by atoms with Crippen LogP contribution in [0.1, 0.15) is 26.7 Å². The fourth-order valence-electron chi connectivity index (χ4n) is 2.34. The van der Waals surface area contributed by atoms with E-state index in [9.17, 15) is 0 Å². The number of nitrogens with one attached hydrogen (secondary N) is 1. The van der Waals surface area contributed by atoms with Crippen molar-refractivity contribution in [3.05, 3.63) is 12.4 Å². The molecule has 0 amide bonds. The Balaban J connectivity index is 2.15. The zero-order valence-corrected chi connectivity index (χ0v) is 11.2. The van der Waals surface area contributed by atoms with E-state index in [1.54, 1.807) is 6.33 Å². The van der Waals surface area contributed by atoms with Gasteiger partial charge in [-0.25, -0.2) is 9.97 Å². The van der Waals surface area contributed by atoms with Crippen molar-refractivity contribution in [2.24, 2.45) is 0 Å². The van der Waals surface area contributed by atoms with Crippen molar-refractivity contribution in [3.8, 4) is 5.88 Å². The molecule has 100 valence electrons. The van der Waals surface area contributed by atoms with E-state index >= 15 is 0 Å². The van der Waals surface area contributed by atoms with Crippen LogP contribution in [0, 0.1) is 0 Å². The Morgan fingerprint density at radius 3 is 3.00 bits per heavy atom. The maximum atomic E-state index is 5.44. The molecular weight excluding hydrogens is 228 g/mol. The van der Waals surface area contributed by atoms with Crippen molar-refractivity contribution in [3.63, 3.8) is 0 Å². The molecule has 1 atom stereocenters. The average molecular weight is 250 g/mol. The summed E-state index contributed by atoms with van der Waals surface area (Å²) in [5.74, 6) is 1.64. The monoisotopic (exact) mass is 250 g/mol. The quantitative estimate of drug-likeness (QED) is 0.828. The molecule has 1 N–H and O–H groups in total. The van der Waals surface area contributed by atoms with Gasteiger partial charge in [-0.2, -0.15) is 0 Å². The Bertz CT molecular complexity index is 366. The minimum Gasteiger partial charge on any atom is -0.478 e. The van der Waals surface area contributed by atoms with E-state index in [0.29, 0.717) is 18.5 Å². The third-order valence-electron chi connectivity index (χ3n) is 3.15. The Hall–Kier alpha value is -1.36. The lowest BCUT2D eigenvalue weighted by Gasteiger charge is -2.29. The molecule has 1 aliphatic heterocycles. The number of ether oxygens (including phenoxy) is 1. The third kappa shape index (κ3) is 3.10. The summed E-state index contributed by atoms with van der Waals surface area (Å²) in [6.07, 6.45) is 3.88. The van der Waals surface area contributed by atoms with Gasteiger partial charge in [-0.3, -0.25) is 0 Å². The fraction of sp³-hybridized carbons (Fsp3) is 0.692. The van der Waals surface area contributed by atoms with Crippen molar-refractivity contribution >= 4 is 5.82 Å². The summed E-state index contributed by atoms with van der Waals surface area (Å²) in [5.41, 5.74) is 0. The topological polar surface area (TPSA) is 50.3 Å². The SMILES string of the molecule is CCCN(c1cc(OCC)ncn1)C1CCNC1. The van der Waals surface area contributed by atoms with E-state index < -0.39 is 0 Å². The van der Waals surface area contributed by atoms with Gasteiger partial charge in [0.1, 0.15) is 12.1 Å². The van der Waals surface area contributed by atoms with Gasteiger partial charge in [0, 0.05) is 25.2 Å². The van der Waals surface area contributed by atoms with Gasteiger partial charge in [-0.15, -0.1) is 0 Å². The molecule has 0 aromatic carbocycles. The van der Waals surface area contributed by atoms with Gasteiger partial charge < -0.3 is 15.0 Å². The first kappa shape index (κ1) is 13.1. The number of hydrogen-bond acceptors (Lipinski definition) is 5. The van der Waals surface area contributed by atoms with Gasteiger partial charge in [-0.05, 0) is 26.3 Å². The standard InChI is InChI=1S/C13H22N4O/c1-3-7-17(11-5-6-14-9-11)12-8-13(18-4-2)16-10-15-12/h8,10-11,14H,3-7,9H2,1-2H3. The Kier molecular flexibility index (Phi) is 4.75. The van der Waals surface area contributed by atoms with E-state index in [1.165, 1.54) is 6.42 Å². The summed E-state index contributed by atoms with van der Waals surface area (Å²) in [6.45, 7) is 7.94. The van der Waals surface area contributed by atoms with Crippen LogP contribution in [-0.2, 0) is 0 Å². The van der Waals surface area contributed by atoms with Crippen LogP contribution in [0.25, 0.3) is 0 Å². The van der Waals surface area contributed by atoms with Crippen molar-refractivity contribution < 1.29 is 4.74 Å². The molecule has 5 heteroatoms. The van der Waals surface area contributed by atoms with Crippen LogP contribution < -0.4 is 15.0 Å². The van der Waals surface area contributed by atoms with Crippen LogP contribution in [0.2, 0.25) is 0 Å².